The van der Waals surface area contributed by atoms with Gasteiger partial charge in [0.25, 0.3) is 0 Å². The summed E-state index contributed by atoms with van der Waals surface area (Å²) >= 11 is 7.42. The third kappa shape index (κ3) is 4.58. The highest BCUT2D eigenvalue weighted by atomic mass is 35.5. The number of nitrogens with two attached hydrogens (primary N) is 1. The first-order chi connectivity index (χ1) is 12.2. The van der Waals surface area contributed by atoms with Gasteiger partial charge >= 0.3 is 0 Å². The number of anilines is 1. The van der Waals surface area contributed by atoms with Crippen molar-refractivity contribution in [2.75, 3.05) is 18.3 Å². The van der Waals surface area contributed by atoms with E-state index in [1.807, 2.05) is 48.5 Å². The molecule has 25 heavy (non-hydrogen) atoms. The maximum absolute atomic E-state index is 6.09. The monoisotopic (exact) mass is 375 g/mol. The second-order valence-corrected chi connectivity index (χ2v) is 6.64. The minimum Gasteiger partial charge on any atom is -0.497 e. The summed E-state index contributed by atoms with van der Waals surface area (Å²) in [6.45, 7) is 0.483. The lowest BCUT2D eigenvalue weighted by Gasteiger charge is -2.07. The summed E-state index contributed by atoms with van der Waals surface area (Å²) in [6.07, 6.45) is 0. The van der Waals surface area contributed by atoms with E-state index in [-0.39, 0.29) is 0 Å². The standard InChI is InChI=1S/C17H18ClN5OS/c1-24-15-8-6-14(7-9-15)20-10-16-21-22-17(23(16)19)25-11-12-2-4-13(18)5-3-12/h2-9,20H,10-11,19H2,1H3. The Balaban J connectivity index is 1.57. The molecule has 2 aromatic carbocycles. The van der Waals surface area contributed by atoms with Crippen LogP contribution < -0.4 is 15.9 Å². The van der Waals surface area contributed by atoms with E-state index in [0.29, 0.717) is 17.5 Å². The normalized spacial score (nSPS) is 10.6. The Kier molecular flexibility index (Phi) is 5.67. The van der Waals surface area contributed by atoms with E-state index in [9.17, 15) is 0 Å². The van der Waals surface area contributed by atoms with Gasteiger partial charge in [-0.05, 0) is 42.0 Å². The molecule has 1 aromatic heterocycles. The van der Waals surface area contributed by atoms with Crippen LogP contribution in [-0.4, -0.2) is 22.0 Å². The molecule has 3 N–H and O–H groups in total. The van der Waals surface area contributed by atoms with E-state index in [1.54, 1.807) is 7.11 Å². The molecule has 0 amide bonds. The number of nitrogens with one attached hydrogen (secondary N) is 1. The van der Waals surface area contributed by atoms with Crippen molar-refractivity contribution in [3.8, 4) is 5.75 Å². The zero-order valence-electron chi connectivity index (χ0n) is 13.6. The summed E-state index contributed by atoms with van der Waals surface area (Å²) in [7, 11) is 1.64. The molecule has 0 atom stereocenters. The van der Waals surface area contributed by atoms with E-state index in [0.717, 1.165) is 27.8 Å². The Morgan fingerprint density at radius 3 is 2.52 bits per heavy atom. The van der Waals surface area contributed by atoms with Crippen molar-refractivity contribution >= 4 is 29.1 Å². The van der Waals surface area contributed by atoms with Crippen molar-refractivity contribution in [1.29, 1.82) is 0 Å². The van der Waals surface area contributed by atoms with Crippen LogP contribution in [0.25, 0.3) is 0 Å². The number of benzene rings is 2. The first kappa shape index (κ1) is 17.4. The summed E-state index contributed by atoms with van der Waals surface area (Å²) in [5.74, 6) is 8.31. The van der Waals surface area contributed by atoms with Crippen LogP contribution in [0, 0.1) is 0 Å². The van der Waals surface area contributed by atoms with Gasteiger partial charge in [0.05, 0.1) is 13.7 Å². The molecule has 0 radical (unpaired) electrons. The fourth-order valence-corrected chi connectivity index (χ4v) is 3.10. The minimum absolute atomic E-state index is 0.483. The lowest BCUT2D eigenvalue weighted by atomic mass is 10.2. The van der Waals surface area contributed by atoms with Crippen LogP contribution in [0.2, 0.25) is 5.02 Å². The predicted molar refractivity (Wildman–Crippen MR) is 102 cm³/mol. The predicted octanol–water partition coefficient (Wildman–Crippen LogP) is 3.56. The molecule has 0 saturated carbocycles. The van der Waals surface area contributed by atoms with Crippen LogP contribution in [0.5, 0.6) is 5.75 Å². The zero-order valence-corrected chi connectivity index (χ0v) is 15.2. The van der Waals surface area contributed by atoms with Gasteiger partial charge in [-0.3, -0.25) is 0 Å². The van der Waals surface area contributed by atoms with E-state index < -0.39 is 0 Å². The number of ether oxygens (including phenoxy) is 1. The van der Waals surface area contributed by atoms with Gasteiger partial charge in [-0.2, -0.15) is 0 Å². The summed E-state index contributed by atoms with van der Waals surface area (Å²) in [5, 5.41) is 13.0. The third-order valence-corrected chi connectivity index (χ3v) is 4.82. The highest BCUT2D eigenvalue weighted by molar-refractivity contribution is 7.98. The fourth-order valence-electron chi connectivity index (χ4n) is 2.14. The lowest BCUT2D eigenvalue weighted by Crippen LogP contribution is -2.16. The second-order valence-electron chi connectivity index (χ2n) is 5.27. The van der Waals surface area contributed by atoms with Crippen molar-refractivity contribution < 1.29 is 4.74 Å². The SMILES string of the molecule is COc1ccc(NCc2nnc(SCc3ccc(Cl)cc3)n2N)cc1. The molecule has 0 aliphatic carbocycles. The second kappa shape index (κ2) is 8.13. The third-order valence-electron chi connectivity index (χ3n) is 3.56. The maximum atomic E-state index is 6.09. The molecule has 0 bridgehead atoms. The highest BCUT2D eigenvalue weighted by Crippen LogP contribution is 2.22. The molecule has 0 aliphatic rings. The molecule has 3 aromatic rings. The molecule has 0 fully saturated rings. The number of thioether (sulfide) groups is 1. The summed E-state index contributed by atoms with van der Waals surface area (Å²) in [5.41, 5.74) is 2.11. The van der Waals surface area contributed by atoms with Gasteiger partial charge in [0.2, 0.25) is 5.16 Å². The number of hydrogen-bond donors (Lipinski definition) is 2. The van der Waals surface area contributed by atoms with Gasteiger partial charge in [-0.25, -0.2) is 4.68 Å². The summed E-state index contributed by atoms with van der Waals surface area (Å²) in [4.78, 5) is 0. The molecule has 0 aliphatic heterocycles. The Morgan fingerprint density at radius 2 is 1.84 bits per heavy atom. The van der Waals surface area contributed by atoms with Crippen LogP contribution in [-0.2, 0) is 12.3 Å². The number of rotatable bonds is 7. The number of halogens is 1. The van der Waals surface area contributed by atoms with Crippen LogP contribution in [0.3, 0.4) is 0 Å². The quantitative estimate of drug-likeness (QED) is 0.485. The molecule has 1 heterocycles. The molecule has 130 valence electrons. The first-order valence-corrected chi connectivity index (χ1v) is 8.96. The summed E-state index contributed by atoms with van der Waals surface area (Å²) in [6, 6.07) is 15.4. The van der Waals surface area contributed by atoms with Gasteiger partial charge in [-0.1, -0.05) is 35.5 Å². The van der Waals surface area contributed by atoms with Crippen molar-refractivity contribution in [3.63, 3.8) is 0 Å². The molecule has 0 unspecified atom stereocenters. The van der Waals surface area contributed by atoms with E-state index >= 15 is 0 Å². The van der Waals surface area contributed by atoms with Crippen LogP contribution in [0.4, 0.5) is 5.69 Å². The highest BCUT2D eigenvalue weighted by Gasteiger charge is 2.10. The average molecular weight is 376 g/mol. The number of nitrogen functional groups attached to an aromatic ring is 1. The Morgan fingerprint density at radius 1 is 1.12 bits per heavy atom. The maximum Gasteiger partial charge on any atom is 0.210 e. The number of nitrogens with zero attached hydrogens (tertiary/aromatic N) is 3. The molecule has 8 heteroatoms. The lowest BCUT2D eigenvalue weighted by molar-refractivity contribution is 0.415. The number of methoxy groups -OCH3 is 1. The van der Waals surface area contributed by atoms with Crippen LogP contribution >= 0.6 is 23.4 Å². The van der Waals surface area contributed by atoms with Gasteiger partial charge in [-0.15, -0.1) is 10.2 Å². The zero-order chi connectivity index (χ0) is 17.6. The molecule has 3 rings (SSSR count). The van der Waals surface area contributed by atoms with E-state index in [4.69, 9.17) is 22.2 Å². The molecular weight excluding hydrogens is 358 g/mol. The van der Waals surface area contributed by atoms with Crippen molar-refractivity contribution in [3.05, 3.63) is 64.9 Å². The number of aromatic nitrogens is 3. The van der Waals surface area contributed by atoms with Gasteiger partial charge < -0.3 is 15.9 Å². The Labute approximate surface area is 155 Å². The first-order valence-electron chi connectivity index (χ1n) is 7.60. The smallest absolute Gasteiger partial charge is 0.210 e. The van der Waals surface area contributed by atoms with Crippen LogP contribution in [0.15, 0.2) is 53.7 Å². The summed E-state index contributed by atoms with van der Waals surface area (Å²) < 4.78 is 6.65. The van der Waals surface area contributed by atoms with Crippen molar-refractivity contribution in [1.82, 2.24) is 14.9 Å². The topological polar surface area (TPSA) is 78.0 Å². The van der Waals surface area contributed by atoms with Gasteiger partial charge in [0, 0.05) is 16.5 Å². The Hall–Kier alpha value is -2.38. The average Bonchev–Trinajstić information content (AvgIpc) is 3.00. The molecular formula is C17H18ClN5OS. The minimum atomic E-state index is 0.483. The van der Waals surface area contributed by atoms with Gasteiger partial charge in [0.1, 0.15) is 5.75 Å². The van der Waals surface area contributed by atoms with Crippen molar-refractivity contribution in [2.24, 2.45) is 0 Å². The molecule has 0 saturated heterocycles. The largest absolute Gasteiger partial charge is 0.497 e. The van der Waals surface area contributed by atoms with E-state index in [2.05, 4.69) is 15.5 Å². The van der Waals surface area contributed by atoms with Crippen LogP contribution in [0.1, 0.15) is 11.4 Å². The molecule has 6 nitrogen and oxygen atoms in total. The number of hydrogen-bond acceptors (Lipinski definition) is 6. The van der Waals surface area contributed by atoms with E-state index in [1.165, 1.54) is 16.4 Å². The fraction of sp³-hybridized carbons (Fsp3) is 0.176. The van der Waals surface area contributed by atoms with Crippen molar-refractivity contribution in [2.45, 2.75) is 17.5 Å². The van der Waals surface area contributed by atoms with Gasteiger partial charge in [0.15, 0.2) is 5.82 Å². The Bertz CT molecular complexity index is 820. The molecule has 0 spiro atoms.